The summed E-state index contributed by atoms with van der Waals surface area (Å²) in [6.45, 7) is 0. The predicted octanol–water partition coefficient (Wildman–Crippen LogP) is 4.93. The highest BCUT2D eigenvalue weighted by Gasteiger charge is 1.98. The largest absolute Gasteiger partial charge is 0.256 e. The van der Waals surface area contributed by atoms with Crippen molar-refractivity contribution in [3.63, 3.8) is 0 Å². The van der Waals surface area contributed by atoms with Crippen molar-refractivity contribution in [1.82, 2.24) is 0 Å². The van der Waals surface area contributed by atoms with Crippen LogP contribution < -0.4 is 0 Å². The van der Waals surface area contributed by atoms with Gasteiger partial charge in [-0.25, -0.2) is 0 Å². The van der Waals surface area contributed by atoms with Gasteiger partial charge in [0.2, 0.25) is 0 Å². The van der Waals surface area contributed by atoms with Crippen molar-refractivity contribution >= 4 is 23.8 Å². The smallest absolute Gasteiger partial charge is 0.0998 e. The SMILES string of the molecule is N#Cc1ccccc1/C=N/c1ccc(/N=C/c2ccccc2C#N)cc1. The van der Waals surface area contributed by atoms with E-state index >= 15 is 0 Å². The Morgan fingerprint density at radius 3 is 1.35 bits per heavy atom. The number of hydrogen-bond donors (Lipinski definition) is 0. The molecule has 0 spiro atoms. The van der Waals surface area contributed by atoms with E-state index in [2.05, 4.69) is 22.1 Å². The number of nitrogens with zero attached hydrogens (tertiary/aromatic N) is 4. The molecular formula is C22H14N4. The van der Waals surface area contributed by atoms with Gasteiger partial charge in [0, 0.05) is 23.6 Å². The van der Waals surface area contributed by atoms with Crippen LogP contribution in [0.15, 0.2) is 82.8 Å². The Balaban J connectivity index is 1.75. The number of hydrogen-bond acceptors (Lipinski definition) is 4. The molecule has 0 N–H and O–H groups in total. The summed E-state index contributed by atoms with van der Waals surface area (Å²) in [4.78, 5) is 8.80. The lowest BCUT2D eigenvalue weighted by molar-refractivity contribution is 1.45. The minimum atomic E-state index is 0.591. The van der Waals surface area contributed by atoms with Gasteiger partial charge in [-0.1, -0.05) is 36.4 Å². The summed E-state index contributed by atoms with van der Waals surface area (Å²) in [5.41, 5.74) is 4.29. The van der Waals surface area contributed by atoms with Crippen LogP contribution >= 0.6 is 0 Å². The third kappa shape index (κ3) is 4.08. The summed E-state index contributed by atoms with van der Waals surface area (Å²) in [6.07, 6.45) is 3.36. The fourth-order valence-corrected chi connectivity index (χ4v) is 2.34. The van der Waals surface area contributed by atoms with Crippen molar-refractivity contribution in [3.05, 3.63) is 95.1 Å². The monoisotopic (exact) mass is 334 g/mol. The van der Waals surface area contributed by atoms with E-state index in [0.29, 0.717) is 11.1 Å². The zero-order valence-corrected chi connectivity index (χ0v) is 13.9. The quantitative estimate of drug-likeness (QED) is 0.634. The van der Waals surface area contributed by atoms with Gasteiger partial charge in [-0.05, 0) is 36.4 Å². The van der Waals surface area contributed by atoms with Crippen LogP contribution in [0.5, 0.6) is 0 Å². The number of nitriles is 2. The summed E-state index contributed by atoms with van der Waals surface area (Å²) >= 11 is 0. The summed E-state index contributed by atoms with van der Waals surface area (Å²) < 4.78 is 0. The lowest BCUT2D eigenvalue weighted by atomic mass is 10.1. The Morgan fingerprint density at radius 1 is 0.577 bits per heavy atom. The van der Waals surface area contributed by atoms with Crippen LogP contribution in [0.1, 0.15) is 22.3 Å². The molecule has 0 aliphatic carbocycles. The Labute approximate surface area is 152 Å². The van der Waals surface area contributed by atoms with Gasteiger partial charge in [0.05, 0.1) is 34.6 Å². The van der Waals surface area contributed by atoms with Crippen molar-refractivity contribution in [2.75, 3.05) is 0 Å². The standard InChI is InChI=1S/C22H14N4/c23-13-17-5-1-3-7-19(17)15-25-21-9-11-22(12-10-21)26-16-20-8-4-2-6-18(20)14-24/h1-12,15-16H/b25-15+,26-16+. The lowest BCUT2D eigenvalue weighted by Gasteiger charge is -1.99. The van der Waals surface area contributed by atoms with E-state index < -0.39 is 0 Å². The number of aliphatic imine (C=N–C) groups is 2. The summed E-state index contributed by atoms with van der Waals surface area (Å²) in [5.74, 6) is 0. The topological polar surface area (TPSA) is 72.3 Å². The number of rotatable bonds is 4. The average molecular weight is 334 g/mol. The normalized spacial score (nSPS) is 10.7. The van der Waals surface area contributed by atoms with Crippen LogP contribution in [0.3, 0.4) is 0 Å². The molecule has 0 aliphatic heterocycles. The van der Waals surface area contributed by atoms with E-state index in [0.717, 1.165) is 22.5 Å². The molecule has 0 unspecified atom stereocenters. The van der Waals surface area contributed by atoms with Gasteiger partial charge in [0.15, 0.2) is 0 Å². The van der Waals surface area contributed by atoms with Gasteiger partial charge in [-0.3, -0.25) is 9.98 Å². The third-order valence-electron chi connectivity index (χ3n) is 3.72. The van der Waals surface area contributed by atoms with E-state index in [4.69, 9.17) is 10.5 Å². The minimum Gasteiger partial charge on any atom is -0.256 e. The van der Waals surface area contributed by atoms with Crippen LogP contribution in [0, 0.1) is 22.7 Å². The number of benzene rings is 3. The average Bonchev–Trinajstić information content (AvgIpc) is 2.72. The molecule has 0 aromatic heterocycles. The van der Waals surface area contributed by atoms with Crippen molar-refractivity contribution in [3.8, 4) is 12.1 Å². The molecule has 0 amide bonds. The van der Waals surface area contributed by atoms with E-state index in [1.165, 1.54) is 0 Å². The molecule has 0 heterocycles. The fourth-order valence-electron chi connectivity index (χ4n) is 2.34. The summed E-state index contributed by atoms with van der Waals surface area (Å²) in [7, 11) is 0. The van der Waals surface area contributed by atoms with E-state index in [1.54, 1.807) is 24.6 Å². The van der Waals surface area contributed by atoms with E-state index in [1.807, 2.05) is 60.7 Å². The molecule has 26 heavy (non-hydrogen) atoms. The van der Waals surface area contributed by atoms with Crippen LogP contribution in [0.2, 0.25) is 0 Å². The first-order valence-corrected chi connectivity index (χ1v) is 7.96. The third-order valence-corrected chi connectivity index (χ3v) is 3.72. The van der Waals surface area contributed by atoms with Crippen LogP contribution in [-0.2, 0) is 0 Å². The van der Waals surface area contributed by atoms with Gasteiger partial charge in [-0.2, -0.15) is 10.5 Å². The van der Waals surface area contributed by atoms with Gasteiger partial charge in [0.1, 0.15) is 0 Å². The molecule has 0 saturated heterocycles. The second kappa shape index (κ2) is 8.19. The molecule has 3 aromatic carbocycles. The van der Waals surface area contributed by atoms with Crippen molar-refractivity contribution < 1.29 is 0 Å². The molecule has 4 nitrogen and oxygen atoms in total. The first-order valence-electron chi connectivity index (χ1n) is 7.96. The van der Waals surface area contributed by atoms with Crippen molar-refractivity contribution in [1.29, 1.82) is 10.5 Å². The Morgan fingerprint density at radius 2 is 0.962 bits per heavy atom. The highest BCUT2D eigenvalue weighted by molar-refractivity contribution is 5.86. The van der Waals surface area contributed by atoms with Gasteiger partial charge >= 0.3 is 0 Å². The molecule has 0 fully saturated rings. The molecule has 122 valence electrons. The molecule has 0 atom stereocenters. The van der Waals surface area contributed by atoms with E-state index in [9.17, 15) is 0 Å². The second-order valence-electron chi connectivity index (χ2n) is 5.43. The predicted molar refractivity (Wildman–Crippen MR) is 103 cm³/mol. The first kappa shape index (κ1) is 16.8. The van der Waals surface area contributed by atoms with Gasteiger partial charge < -0.3 is 0 Å². The zero-order chi connectivity index (χ0) is 18.2. The highest BCUT2D eigenvalue weighted by Crippen LogP contribution is 2.19. The first-order chi connectivity index (χ1) is 12.8. The molecule has 0 aliphatic rings. The fraction of sp³-hybridized carbons (Fsp3) is 0. The summed E-state index contributed by atoms with van der Waals surface area (Å²) in [5, 5.41) is 18.2. The maximum absolute atomic E-state index is 9.09. The van der Waals surface area contributed by atoms with Crippen LogP contribution in [0.4, 0.5) is 11.4 Å². The van der Waals surface area contributed by atoms with Gasteiger partial charge in [-0.15, -0.1) is 0 Å². The molecule has 4 heteroatoms. The van der Waals surface area contributed by atoms with Crippen molar-refractivity contribution in [2.45, 2.75) is 0 Å². The molecule has 0 radical (unpaired) electrons. The molecule has 3 rings (SSSR count). The Bertz CT molecular complexity index is 962. The Hall–Kier alpha value is -4.02. The Kier molecular flexibility index (Phi) is 5.30. The van der Waals surface area contributed by atoms with Crippen LogP contribution in [-0.4, -0.2) is 12.4 Å². The lowest BCUT2D eigenvalue weighted by Crippen LogP contribution is -1.86. The second-order valence-corrected chi connectivity index (χ2v) is 5.43. The molecule has 3 aromatic rings. The van der Waals surface area contributed by atoms with Gasteiger partial charge in [0.25, 0.3) is 0 Å². The maximum Gasteiger partial charge on any atom is 0.0998 e. The summed E-state index contributed by atoms with van der Waals surface area (Å²) in [6, 6.07) is 26.4. The molecule has 0 saturated carbocycles. The zero-order valence-electron chi connectivity index (χ0n) is 13.9. The maximum atomic E-state index is 9.09. The molecular weight excluding hydrogens is 320 g/mol. The molecule has 0 bridgehead atoms. The van der Waals surface area contributed by atoms with E-state index in [-0.39, 0.29) is 0 Å². The van der Waals surface area contributed by atoms with Crippen molar-refractivity contribution in [2.24, 2.45) is 9.98 Å². The highest BCUT2D eigenvalue weighted by atomic mass is 14.7. The van der Waals surface area contributed by atoms with Crippen LogP contribution in [0.25, 0.3) is 0 Å². The minimum absolute atomic E-state index is 0.591.